The third-order valence-electron chi connectivity index (χ3n) is 6.82. The smallest absolute Gasteiger partial charge is 0.333 e. The van der Waals surface area contributed by atoms with Crippen LogP contribution in [-0.4, -0.2) is 40.3 Å². The summed E-state index contributed by atoms with van der Waals surface area (Å²) in [4.78, 5) is 21.6. The molecule has 0 radical (unpaired) electrons. The number of nitrogens with zero attached hydrogens (tertiary/aromatic N) is 5. The first-order valence-electron chi connectivity index (χ1n) is 11.6. The maximum Gasteiger partial charge on any atom is 0.333 e. The molecule has 3 aromatic heterocycles. The van der Waals surface area contributed by atoms with Gasteiger partial charge in [0.25, 0.3) is 0 Å². The standard InChI is InChI=1S/C27H24N6OS/c1-17-12-23(32-9-7-29-8-10-32)19(15-28)14-22(17)33-26-20-13-18(25-4-3-11-35-25)5-6-21(20)30-16-24(26)31(2)27(33)34/h3-6,11-14,16,29H,7-10H2,1-2H3. The Bertz CT molecular complexity index is 1680. The van der Waals surface area contributed by atoms with Crippen LogP contribution in [-0.2, 0) is 7.05 Å². The second-order valence-corrected chi connectivity index (χ2v) is 9.83. The van der Waals surface area contributed by atoms with E-state index >= 15 is 0 Å². The Hall–Kier alpha value is -3.93. The van der Waals surface area contributed by atoms with Crippen molar-refractivity contribution in [2.75, 3.05) is 31.1 Å². The van der Waals surface area contributed by atoms with Gasteiger partial charge in [0.2, 0.25) is 0 Å². The summed E-state index contributed by atoms with van der Waals surface area (Å²) in [5.41, 5.74) is 6.51. The molecule has 0 aliphatic carbocycles. The lowest BCUT2D eigenvalue weighted by molar-refractivity contribution is 0.589. The SMILES string of the molecule is Cc1cc(N2CCNCC2)c(C#N)cc1-n1c(=O)n(C)c2cnc3ccc(-c4cccs4)cc3c21. The molecular formula is C27H24N6OS. The van der Waals surface area contributed by atoms with E-state index in [0.29, 0.717) is 5.56 Å². The number of aromatic nitrogens is 3. The van der Waals surface area contributed by atoms with Crippen LogP contribution in [0, 0.1) is 18.3 Å². The van der Waals surface area contributed by atoms with Crippen molar-refractivity contribution in [1.29, 1.82) is 5.26 Å². The number of aryl methyl sites for hydroxylation is 2. The van der Waals surface area contributed by atoms with E-state index in [-0.39, 0.29) is 5.69 Å². The van der Waals surface area contributed by atoms with E-state index in [1.54, 1.807) is 33.7 Å². The first-order chi connectivity index (χ1) is 17.1. The fourth-order valence-electron chi connectivity index (χ4n) is 5.00. The number of imidazole rings is 1. The first-order valence-corrected chi connectivity index (χ1v) is 12.5. The molecule has 0 amide bonds. The van der Waals surface area contributed by atoms with Gasteiger partial charge in [-0.25, -0.2) is 4.79 Å². The molecule has 35 heavy (non-hydrogen) atoms. The fraction of sp³-hybridized carbons (Fsp3) is 0.222. The number of anilines is 1. The van der Waals surface area contributed by atoms with Crippen molar-refractivity contribution in [1.82, 2.24) is 19.4 Å². The first kappa shape index (κ1) is 21.6. The third-order valence-corrected chi connectivity index (χ3v) is 7.74. The number of hydrogen-bond acceptors (Lipinski definition) is 6. The molecule has 0 saturated carbocycles. The molecule has 4 heterocycles. The molecule has 8 heteroatoms. The predicted octanol–water partition coefficient (Wildman–Crippen LogP) is 4.20. The summed E-state index contributed by atoms with van der Waals surface area (Å²) in [6.07, 6.45) is 1.76. The number of benzene rings is 2. The van der Waals surface area contributed by atoms with Crippen LogP contribution in [0.4, 0.5) is 5.69 Å². The molecule has 0 spiro atoms. The van der Waals surface area contributed by atoms with Crippen molar-refractivity contribution >= 4 is 39.0 Å². The number of nitriles is 1. The number of hydrogen-bond donors (Lipinski definition) is 1. The number of rotatable bonds is 3. The Balaban J connectivity index is 1.63. The Morgan fingerprint density at radius 3 is 2.69 bits per heavy atom. The average Bonchev–Trinajstić information content (AvgIpc) is 3.52. The summed E-state index contributed by atoms with van der Waals surface area (Å²) >= 11 is 1.68. The summed E-state index contributed by atoms with van der Waals surface area (Å²) in [5, 5.41) is 16.3. The largest absolute Gasteiger partial charge is 0.368 e. The number of nitrogens with one attached hydrogen (secondary N) is 1. The molecule has 1 saturated heterocycles. The molecule has 5 aromatic rings. The Kier molecular flexibility index (Phi) is 5.17. The molecule has 1 fully saturated rings. The second-order valence-electron chi connectivity index (χ2n) is 8.88. The van der Waals surface area contributed by atoms with Crippen molar-refractivity contribution in [2.45, 2.75) is 6.92 Å². The highest BCUT2D eigenvalue weighted by Crippen LogP contribution is 2.33. The summed E-state index contributed by atoms with van der Waals surface area (Å²) in [5.74, 6) is 0. The minimum atomic E-state index is -0.155. The minimum Gasteiger partial charge on any atom is -0.368 e. The third kappa shape index (κ3) is 3.43. The summed E-state index contributed by atoms with van der Waals surface area (Å²) < 4.78 is 3.38. The van der Waals surface area contributed by atoms with E-state index in [1.807, 2.05) is 31.2 Å². The van der Waals surface area contributed by atoms with Gasteiger partial charge in [0.1, 0.15) is 6.07 Å². The lowest BCUT2D eigenvalue weighted by Crippen LogP contribution is -2.43. The van der Waals surface area contributed by atoms with E-state index in [9.17, 15) is 10.1 Å². The highest BCUT2D eigenvalue weighted by Gasteiger charge is 2.21. The van der Waals surface area contributed by atoms with Crippen LogP contribution in [0.2, 0.25) is 0 Å². The molecule has 2 aromatic carbocycles. The van der Waals surface area contributed by atoms with Gasteiger partial charge in [-0.2, -0.15) is 5.26 Å². The molecule has 1 N–H and O–H groups in total. The van der Waals surface area contributed by atoms with Gasteiger partial charge >= 0.3 is 5.69 Å². The molecule has 0 atom stereocenters. The van der Waals surface area contributed by atoms with Gasteiger partial charge in [0.15, 0.2) is 0 Å². The molecule has 7 nitrogen and oxygen atoms in total. The predicted molar refractivity (Wildman–Crippen MR) is 142 cm³/mol. The van der Waals surface area contributed by atoms with Crippen LogP contribution < -0.4 is 15.9 Å². The van der Waals surface area contributed by atoms with Gasteiger partial charge in [-0.3, -0.25) is 14.1 Å². The maximum atomic E-state index is 13.6. The summed E-state index contributed by atoms with van der Waals surface area (Å²) in [7, 11) is 1.77. The van der Waals surface area contributed by atoms with Gasteiger partial charge in [0.05, 0.1) is 39.7 Å². The highest BCUT2D eigenvalue weighted by molar-refractivity contribution is 7.13. The van der Waals surface area contributed by atoms with Crippen LogP contribution in [0.3, 0.4) is 0 Å². The van der Waals surface area contributed by atoms with Crippen LogP contribution in [0.5, 0.6) is 0 Å². The van der Waals surface area contributed by atoms with Crippen LogP contribution in [0.25, 0.3) is 38.1 Å². The monoisotopic (exact) mass is 480 g/mol. The van der Waals surface area contributed by atoms with Gasteiger partial charge in [-0.05, 0) is 53.8 Å². The van der Waals surface area contributed by atoms with Crippen LogP contribution in [0.1, 0.15) is 11.1 Å². The Labute approximate surface area is 206 Å². The fourth-order valence-corrected chi connectivity index (χ4v) is 5.72. The molecule has 0 bridgehead atoms. The Morgan fingerprint density at radius 1 is 1.11 bits per heavy atom. The molecule has 1 aliphatic rings. The maximum absolute atomic E-state index is 13.6. The quantitative estimate of drug-likeness (QED) is 0.419. The van der Waals surface area contributed by atoms with Crippen molar-refractivity contribution in [3.63, 3.8) is 0 Å². The lowest BCUT2D eigenvalue weighted by Gasteiger charge is -2.30. The van der Waals surface area contributed by atoms with Gasteiger partial charge in [-0.1, -0.05) is 12.1 Å². The van der Waals surface area contributed by atoms with Crippen molar-refractivity contribution < 1.29 is 0 Å². The molecule has 1 aliphatic heterocycles. The molecule has 174 valence electrons. The highest BCUT2D eigenvalue weighted by atomic mass is 32.1. The van der Waals surface area contributed by atoms with Gasteiger partial charge < -0.3 is 10.2 Å². The van der Waals surface area contributed by atoms with E-state index in [4.69, 9.17) is 0 Å². The van der Waals surface area contributed by atoms with Crippen molar-refractivity contribution in [3.05, 3.63) is 75.7 Å². The van der Waals surface area contributed by atoms with Crippen molar-refractivity contribution in [2.24, 2.45) is 7.05 Å². The normalized spacial score (nSPS) is 14.0. The minimum absolute atomic E-state index is 0.155. The van der Waals surface area contributed by atoms with E-state index in [1.165, 1.54) is 0 Å². The summed E-state index contributed by atoms with van der Waals surface area (Å²) in [6, 6.07) is 16.6. The summed E-state index contributed by atoms with van der Waals surface area (Å²) in [6.45, 7) is 5.49. The number of thiophene rings is 1. The second kappa shape index (κ2) is 8.38. The number of piperazine rings is 1. The Morgan fingerprint density at radius 2 is 1.94 bits per heavy atom. The van der Waals surface area contributed by atoms with Crippen LogP contribution >= 0.6 is 11.3 Å². The van der Waals surface area contributed by atoms with Gasteiger partial charge in [0, 0.05) is 43.5 Å². The van der Waals surface area contributed by atoms with Crippen molar-refractivity contribution in [3.8, 4) is 22.2 Å². The van der Waals surface area contributed by atoms with E-state index in [2.05, 4.69) is 44.8 Å². The zero-order chi connectivity index (χ0) is 24.1. The van der Waals surface area contributed by atoms with Gasteiger partial charge in [-0.15, -0.1) is 11.3 Å². The zero-order valence-corrected chi connectivity index (χ0v) is 20.4. The van der Waals surface area contributed by atoms with E-state index in [0.717, 1.165) is 75.5 Å². The van der Waals surface area contributed by atoms with Crippen LogP contribution in [0.15, 0.2) is 58.8 Å². The molecule has 0 unspecified atom stereocenters. The number of fused-ring (bicyclic) bond motifs is 3. The van der Waals surface area contributed by atoms with E-state index < -0.39 is 0 Å². The molecule has 6 rings (SSSR count). The average molecular weight is 481 g/mol. The molecular weight excluding hydrogens is 456 g/mol. The number of pyridine rings is 1. The zero-order valence-electron chi connectivity index (χ0n) is 19.6. The lowest BCUT2D eigenvalue weighted by atomic mass is 10.0. The topological polar surface area (TPSA) is 78.9 Å².